The first kappa shape index (κ1) is 8.72. The third kappa shape index (κ3) is 1.45. The molecule has 11 heavy (non-hydrogen) atoms. The molecule has 0 aliphatic carbocycles. The molecule has 1 heterocycles. The van der Waals surface area contributed by atoms with E-state index in [2.05, 4.69) is 43.9 Å². The topological polar surface area (TPSA) is 6.02 Å². The monoisotopic (exact) mass is 155 g/mol. The molecule has 0 amide bonds. The summed E-state index contributed by atoms with van der Waals surface area (Å²) < 4.78 is 2.09. The van der Waals surface area contributed by atoms with Gasteiger partial charge in [-0.1, -0.05) is 0 Å². The maximum absolute atomic E-state index is 3.93. The first-order valence-electron chi connectivity index (χ1n) is 4.32. The Morgan fingerprint density at radius 3 is 2.27 bits per heavy atom. The van der Waals surface area contributed by atoms with E-state index in [1.165, 1.54) is 0 Å². The minimum absolute atomic E-state index is 0.408. The van der Waals surface area contributed by atoms with Gasteiger partial charge in [0.05, 0.1) is 0 Å². The Morgan fingerprint density at radius 2 is 2.00 bits per heavy atom. The van der Waals surface area contributed by atoms with Gasteiger partial charge in [0, 0.05) is 11.6 Å². The summed E-state index contributed by atoms with van der Waals surface area (Å²) >= 11 is 0. The summed E-state index contributed by atoms with van der Waals surface area (Å²) in [7, 11) is 0. The molecule has 0 aromatic rings. The predicted octanol–water partition coefficient (Wildman–Crippen LogP) is 1.16. The van der Waals surface area contributed by atoms with Crippen molar-refractivity contribution >= 4 is 6.72 Å². The lowest BCUT2D eigenvalue weighted by Gasteiger charge is -2.03. The molecule has 0 aromatic heterocycles. The third-order valence-corrected chi connectivity index (χ3v) is 2.96. The van der Waals surface area contributed by atoms with Gasteiger partial charge in [0.15, 0.2) is 6.67 Å². The molecule has 2 heteroatoms. The lowest BCUT2D eigenvalue weighted by molar-refractivity contribution is -0.532. The van der Waals surface area contributed by atoms with Crippen molar-refractivity contribution in [2.75, 3.05) is 13.2 Å². The summed E-state index contributed by atoms with van der Waals surface area (Å²) in [6.45, 7) is 14.9. The second-order valence-corrected chi connectivity index (χ2v) is 3.93. The van der Waals surface area contributed by atoms with E-state index < -0.39 is 0 Å². The standard InChI is InChI=1S/C9H19N2/c1-6-10(5)7-11-8(2)9(11,3)4/h8H,5-7H2,1-4H3/q+1. The Hall–Kier alpha value is -0.370. The van der Waals surface area contributed by atoms with Crippen molar-refractivity contribution in [1.29, 1.82) is 0 Å². The van der Waals surface area contributed by atoms with Crippen LogP contribution in [0, 0.1) is 0 Å². The van der Waals surface area contributed by atoms with E-state index in [9.17, 15) is 0 Å². The zero-order valence-electron chi connectivity index (χ0n) is 8.09. The fourth-order valence-corrected chi connectivity index (χ4v) is 1.40. The summed E-state index contributed by atoms with van der Waals surface area (Å²) in [5, 5.41) is 0. The van der Waals surface area contributed by atoms with Crippen LogP contribution in [-0.2, 0) is 0 Å². The number of hydrogen-bond acceptors (Lipinski definition) is 1. The van der Waals surface area contributed by atoms with E-state index in [1.54, 1.807) is 0 Å². The molecule has 1 rings (SSSR count). The zero-order valence-corrected chi connectivity index (χ0v) is 8.09. The number of nitrogens with zero attached hydrogens (tertiary/aromatic N) is 2. The van der Waals surface area contributed by atoms with Gasteiger partial charge in [-0.3, -0.25) is 0 Å². The van der Waals surface area contributed by atoms with E-state index in [4.69, 9.17) is 0 Å². The van der Waals surface area contributed by atoms with E-state index >= 15 is 0 Å². The van der Waals surface area contributed by atoms with Crippen LogP contribution in [0.25, 0.3) is 0 Å². The van der Waals surface area contributed by atoms with Crippen molar-refractivity contribution in [2.45, 2.75) is 39.3 Å². The third-order valence-electron chi connectivity index (χ3n) is 2.96. The summed E-state index contributed by atoms with van der Waals surface area (Å²) in [5.41, 5.74) is 0.408. The predicted molar refractivity (Wildman–Crippen MR) is 48.2 cm³/mol. The largest absolute Gasteiger partial charge is 0.237 e. The van der Waals surface area contributed by atoms with Crippen LogP contribution in [-0.4, -0.2) is 41.0 Å². The molecular formula is C9H19N2+. The minimum atomic E-state index is 0.408. The van der Waals surface area contributed by atoms with Gasteiger partial charge in [0.2, 0.25) is 0 Å². The zero-order chi connectivity index (χ0) is 8.65. The van der Waals surface area contributed by atoms with Crippen molar-refractivity contribution in [3.63, 3.8) is 0 Å². The van der Waals surface area contributed by atoms with Gasteiger partial charge in [0.25, 0.3) is 0 Å². The molecule has 0 aromatic carbocycles. The molecule has 2 nitrogen and oxygen atoms in total. The van der Waals surface area contributed by atoms with Crippen molar-refractivity contribution in [3.8, 4) is 0 Å². The average Bonchev–Trinajstić information content (AvgIpc) is 2.39. The maximum atomic E-state index is 3.93. The molecule has 0 N–H and O–H groups in total. The first-order chi connectivity index (χ1) is 5.00. The van der Waals surface area contributed by atoms with Crippen LogP contribution in [0.3, 0.4) is 0 Å². The summed E-state index contributed by atoms with van der Waals surface area (Å²) in [6.07, 6.45) is 0. The second kappa shape index (κ2) is 2.59. The van der Waals surface area contributed by atoms with Gasteiger partial charge >= 0.3 is 0 Å². The molecule has 64 valence electrons. The molecule has 1 fully saturated rings. The highest BCUT2D eigenvalue weighted by Gasteiger charge is 2.53. The van der Waals surface area contributed by atoms with Crippen molar-refractivity contribution in [2.24, 2.45) is 0 Å². The number of rotatable bonds is 3. The average molecular weight is 155 g/mol. The first-order valence-corrected chi connectivity index (χ1v) is 4.32. The van der Waals surface area contributed by atoms with Gasteiger partial charge in [-0.25, -0.2) is 9.48 Å². The van der Waals surface area contributed by atoms with Crippen LogP contribution < -0.4 is 0 Å². The quantitative estimate of drug-likeness (QED) is 0.337. The fourth-order valence-electron chi connectivity index (χ4n) is 1.40. The van der Waals surface area contributed by atoms with Crippen LogP contribution in [0.1, 0.15) is 27.7 Å². The van der Waals surface area contributed by atoms with Gasteiger partial charge in [-0.2, -0.15) is 0 Å². The Morgan fingerprint density at radius 1 is 1.55 bits per heavy atom. The van der Waals surface area contributed by atoms with Crippen LogP contribution in [0.4, 0.5) is 0 Å². The van der Waals surface area contributed by atoms with Crippen LogP contribution in [0.2, 0.25) is 0 Å². The second-order valence-electron chi connectivity index (χ2n) is 3.93. The normalized spacial score (nSPS) is 33.5. The molecule has 0 bridgehead atoms. The summed E-state index contributed by atoms with van der Waals surface area (Å²) in [4.78, 5) is 2.45. The lowest BCUT2D eigenvalue weighted by atomic mass is 10.2. The molecule has 1 aliphatic heterocycles. The van der Waals surface area contributed by atoms with Crippen molar-refractivity contribution in [3.05, 3.63) is 0 Å². The van der Waals surface area contributed by atoms with Crippen molar-refractivity contribution in [1.82, 2.24) is 4.90 Å². The van der Waals surface area contributed by atoms with Gasteiger partial charge < -0.3 is 0 Å². The van der Waals surface area contributed by atoms with Gasteiger partial charge in [-0.05, 0) is 27.7 Å². The molecule has 1 saturated heterocycles. The van der Waals surface area contributed by atoms with Crippen LogP contribution >= 0.6 is 0 Å². The van der Waals surface area contributed by atoms with E-state index in [0.29, 0.717) is 5.54 Å². The lowest BCUT2D eigenvalue weighted by Crippen LogP contribution is -2.21. The molecule has 1 aliphatic rings. The molecule has 0 spiro atoms. The Bertz CT molecular complexity index is 172. The maximum Gasteiger partial charge on any atom is 0.199 e. The molecular weight excluding hydrogens is 136 g/mol. The van der Waals surface area contributed by atoms with E-state index in [1.807, 2.05) is 0 Å². The van der Waals surface area contributed by atoms with Gasteiger partial charge in [0.1, 0.15) is 13.3 Å². The molecule has 2 unspecified atom stereocenters. The molecule has 2 atom stereocenters. The van der Waals surface area contributed by atoms with Crippen LogP contribution in [0.5, 0.6) is 0 Å². The Labute approximate surface area is 69.5 Å². The van der Waals surface area contributed by atoms with Crippen molar-refractivity contribution < 1.29 is 4.58 Å². The minimum Gasteiger partial charge on any atom is -0.237 e. The Balaban J connectivity index is 2.38. The SMILES string of the molecule is C=[N+](CC)CN1C(C)C1(C)C. The number of hydrogen-bond donors (Lipinski definition) is 0. The van der Waals surface area contributed by atoms with Crippen LogP contribution in [0.15, 0.2) is 0 Å². The van der Waals surface area contributed by atoms with Gasteiger partial charge in [-0.15, -0.1) is 0 Å². The fraction of sp³-hybridized carbons (Fsp3) is 0.889. The Kier molecular flexibility index (Phi) is 2.06. The highest BCUT2D eigenvalue weighted by molar-refractivity contribution is 5.15. The van der Waals surface area contributed by atoms with E-state index in [-0.39, 0.29) is 0 Å². The summed E-state index contributed by atoms with van der Waals surface area (Å²) in [5.74, 6) is 0. The highest BCUT2D eigenvalue weighted by atomic mass is 15.4. The smallest absolute Gasteiger partial charge is 0.199 e. The summed E-state index contributed by atoms with van der Waals surface area (Å²) in [6, 6.07) is 0.721. The van der Waals surface area contributed by atoms with E-state index in [0.717, 1.165) is 19.3 Å². The highest BCUT2D eigenvalue weighted by Crippen LogP contribution is 2.39. The molecule has 0 saturated carbocycles. The molecule has 0 radical (unpaired) electrons.